The first-order valence-electron chi connectivity index (χ1n) is 16.8. The van der Waals surface area contributed by atoms with Gasteiger partial charge in [-0.3, -0.25) is 0 Å². The summed E-state index contributed by atoms with van der Waals surface area (Å²) in [6.45, 7) is 14.2. The minimum absolute atomic E-state index is 0.0698. The lowest BCUT2D eigenvalue weighted by Crippen LogP contribution is -2.60. The first-order chi connectivity index (χ1) is 19.4. The lowest BCUT2D eigenvalue weighted by molar-refractivity contribution is -0.315. The van der Waals surface area contributed by atoms with Crippen LogP contribution >= 0.6 is 0 Å². The molecular weight excluding hydrogens is 516 g/mol. The van der Waals surface area contributed by atoms with Gasteiger partial charge in [-0.15, -0.1) is 0 Å². The van der Waals surface area contributed by atoms with Crippen molar-refractivity contribution in [3.63, 3.8) is 0 Å². The number of aliphatic hydroxyl groups is 4. The van der Waals surface area contributed by atoms with Crippen molar-refractivity contribution >= 4 is 0 Å². The van der Waals surface area contributed by atoms with Crippen LogP contribution in [0.5, 0.6) is 0 Å². The standard InChI is InChI=1S/C35H58O6/c1-7-22(20(2)3)9-8-21(4)26-12-13-27-25-11-10-23-18-24(14-16-34(23,5)28(25)15-17-35(26,27)6)40-33-32(39)31(38)30(37)29(19-36)41-33/h8-9,11,20-24,26-33,36-39H,7,10,12-19H2,1-6H3/b9-8+/t21-,22?,23+,24+,26-,27+,28+,29-,30-,31+,32-,33-,34+,35-/m1/s1. The molecule has 0 bridgehead atoms. The average Bonchev–Trinajstić information content (AvgIpc) is 3.30. The molecule has 0 radical (unpaired) electrons. The van der Waals surface area contributed by atoms with Gasteiger partial charge in [-0.2, -0.15) is 0 Å². The Kier molecular flexibility index (Phi) is 9.51. The molecule has 3 saturated carbocycles. The normalized spacial score (nSPS) is 47.9. The summed E-state index contributed by atoms with van der Waals surface area (Å²) in [4.78, 5) is 0. The highest BCUT2D eigenvalue weighted by Gasteiger charge is 2.58. The molecule has 5 rings (SSSR count). The molecule has 5 aliphatic rings. The predicted molar refractivity (Wildman–Crippen MR) is 161 cm³/mol. The molecule has 0 aromatic carbocycles. The van der Waals surface area contributed by atoms with E-state index in [0.717, 1.165) is 31.6 Å². The minimum Gasteiger partial charge on any atom is -0.394 e. The maximum absolute atomic E-state index is 10.5. The van der Waals surface area contributed by atoms with E-state index in [-0.39, 0.29) is 11.5 Å². The fraction of sp³-hybridized carbons (Fsp3) is 0.886. The Morgan fingerprint density at radius 1 is 0.951 bits per heavy atom. The number of aliphatic hydroxyl groups excluding tert-OH is 4. The lowest BCUT2D eigenvalue weighted by Gasteiger charge is -2.58. The number of fused-ring (bicyclic) bond motifs is 5. The lowest BCUT2D eigenvalue weighted by atomic mass is 9.47. The van der Waals surface area contributed by atoms with E-state index in [2.05, 4.69) is 59.8 Å². The van der Waals surface area contributed by atoms with Crippen LogP contribution in [-0.4, -0.2) is 63.8 Å². The second kappa shape index (κ2) is 12.3. The van der Waals surface area contributed by atoms with Gasteiger partial charge in [0.05, 0.1) is 12.7 Å². The van der Waals surface area contributed by atoms with Crippen LogP contribution < -0.4 is 0 Å². The van der Waals surface area contributed by atoms with Gasteiger partial charge in [-0.25, -0.2) is 0 Å². The molecule has 4 aliphatic carbocycles. The molecule has 0 aromatic rings. The zero-order chi connectivity index (χ0) is 29.7. The Bertz CT molecular complexity index is 960. The Morgan fingerprint density at radius 3 is 2.34 bits per heavy atom. The third-order valence-electron chi connectivity index (χ3n) is 12.9. The number of allylic oxidation sites excluding steroid dienone is 4. The summed E-state index contributed by atoms with van der Waals surface area (Å²) in [5, 5.41) is 40.4. The van der Waals surface area contributed by atoms with Crippen molar-refractivity contribution in [1.82, 2.24) is 0 Å². The van der Waals surface area contributed by atoms with Gasteiger partial charge in [0.15, 0.2) is 6.29 Å². The van der Waals surface area contributed by atoms with Gasteiger partial charge in [0, 0.05) is 0 Å². The van der Waals surface area contributed by atoms with Crippen molar-refractivity contribution in [1.29, 1.82) is 0 Å². The first kappa shape index (κ1) is 31.7. The molecule has 41 heavy (non-hydrogen) atoms. The molecule has 4 fully saturated rings. The summed E-state index contributed by atoms with van der Waals surface area (Å²) in [6, 6.07) is 0. The van der Waals surface area contributed by atoms with Crippen LogP contribution in [0.25, 0.3) is 0 Å². The first-order valence-corrected chi connectivity index (χ1v) is 16.8. The average molecular weight is 575 g/mol. The molecule has 4 N–H and O–H groups in total. The number of hydrogen-bond acceptors (Lipinski definition) is 6. The zero-order valence-electron chi connectivity index (χ0n) is 26.4. The van der Waals surface area contributed by atoms with Crippen LogP contribution in [-0.2, 0) is 9.47 Å². The van der Waals surface area contributed by atoms with Gasteiger partial charge in [0.2, 0.25) is 0 Å². The van der Waals surface area contributed by atoms with E-state index in [0.29, 0.717) is 40.9 Å². The monoisotopic (exact) mass is 574 g/mol. The van der Waals surface area contributed by atoms with Crippen molar-refractivity contribution in [3.05, 3.63) is 23.8 Å². The number of hydrogen-bond donors (Lipinski definition) is 4. The highest BCUT2D eigenvalue weighted by atomic mass is 16.7. The summed E-state index contributed by atoms with van der Waals surface area (Å²) < 4.78 is 11.9. The highest BCUT2D eigenvalue weighted by molar-refractivity contribution is 5.28. The third-order valence-corrected chi connectivity index (χ3v) is 12.9. The van der Waals surface area contributed by atoms with Crippen molar-refractivity contribution in [2.75, 3.05) is 6.61 Å². The zero-order valence-corrected chi connectivity index (χ0v) is 26.4. The molecule has 1 saturated heterocycles. The topological polar surface area (TPSA) is 99.4 Å². The van der Waals surface area contributed by atoms with Crippen molar-refractivity contribution < 1.29 is 29.9 Å². The summed E-state index contributed by atoms with van der Waals surface area (Å²) in [5.74, 6) is 4.61. The molecule has 6 nitrogen and oxygen atoms in total. The van der Waals surface area contributed by atoms with Crippen LogP contribution in [0.4, 0.5) is 0 Å². The molecule has 0 amide bonds. The van der Waals surface area contributed by atoms with Crippen LogP contribution in [0.2, 0.25) is 0 Å². The summed E-state index contributed by atoms with van der Waals surface area (Å²) in [6.07, 6.45) is 12.0. The Hall–Kier alpha value is -0.760. The van der Waals surface area contributed by atoms with E-state index in [1.165, 1.54) is 32.1 Å². The maximum atomic E-state index is 10.5. The van der Waals surface area contributed by atoms with Gasteiger partial charge < -0.3 is 29.9 Å². The van der Waals surface area contributed by atoms with Crippen LogP contribution in [0.15, 0.2) is 23.8 Å². The van der Waals surface area contributed by atoms with Gasteiger partial charge >= 0.3 is 0 Å². The smallest absolute Gasteiger partial charge is 0.186 e. The Labute approximate surface area is 248 Å². The van der Waals surface area contributed by atoms with E-state index in [9.17, 15) is 20.4 Å². The minimum atomic E-state index is -1.40. The third kappa shape index (κ3) is 5.64. The molecule has 1 unspecified atom stereocenters. The second-order valence-corrected chi connectivity index (χ2v) is 15.3. The van der Waals surface area contributed by atoms with E-state index in [4.69, 9.17) is 9.47 Å². The molecule has 1 aliphatic heterocycles. The molecule has 0 aromatic heterocycles. The van der Waals surface area contributed by atoms with Crippen molar-refractivity contribution in [2.45, 2.75) is 136 Å². The second-order valence-electron chi connectivity index (χ2n) is 15.3. The Morgan fingerprint density at radius 2 is 1.66 bits per heavy atom. The number of rotatable bonds is 8. The molecular formula is C35H58O6. The van der Waals surface area contributed by atoms with Gasteiger partial charge in [0.25, 0.3) is 0 Å². The summed E-state index contributed by atoms with van der Waals surface area (Å²) in [7, 11) is 0. The van der Waals surface area contributed by atoms with E-state index >= 15 is 0 Å². The SMILES string of the molecule is CCC(/C=C/[C@@H](C)[C@H]1CC[C@H]2C3=CC[C@H]4C[C@@H](O[C@@H]5O[C@H](CO)[C@@H](O)[C@H](O)[C@H]5O)CC[C@]4(C)[C@H]3CC[C@]12C)C(C)C. The maximum Gasteiger partial charge on any atom is 0.186 e. The van der Waals surface area contributed by atoms with Crippen LogP contribution in [0, 0.1) is 52.3 Å². The molecule has 6 heteroatoms. The fourth-order valence-electron chi connectivity index (χ4n) is 10.2. The van der Waals surface area contributed by atoms with E-state index in [1.807, 2.05) is 0 Å². The van der Waals surface area contributed by atoms with Gasteiger partial charge in [-0.05, 0) is 110 Å². The Balaban J connectivity index is 1.26. The van der Waals surface area contributed by atoms with Crippen molar-refractivity contribution in [3.8, 4) is 0 Å². The predicted octanol–water partition coefficient (Wildman–Crippen LogP) is 5.63. The fourth-order valence-corrected chi connectivity index (χ4v) is 10.2. The number of ether oxygens (including phenoxy) is 2. The quantitative estimate of drug-likeness (QED) is 0.281. The molecule has 1 heterocycles. The van der Waals surface area contributed by atoms with Gasteiger partial charge in [-0.1, -0.05) is 65.3 Å². The van der Waals surface area contributed by atoms with E-state index < -0.39 is 37.3 Å². The summed E-state index contributed by atoms with van der Waals surface area (Å²) >= 11 is 0. The van der Waals surface area contributed by atoms with Crippen LogP contribution in [0.1, 0.15) is 99.3 Å². The largest absolute Gasteiger partial charge is 0.394 e. The highest BCUT2D eigenvalue weighted by Crippen LogP contribution is 2.67. The van der Waals surface area contributed by atoms with Gasteiger partial charge in [0.1, 0.15) is 24.4 Å². The molecule has 234 valence electrons. The van der Waals surface area contributed by atoms with E-state index in [1.54, 1.807) is 5.57 Å². The molecule has 0 spiro atoms. The summed E-state index contributed by atoms with van der Waals surface area (Å²) in [5.41, 5.74) is 2.41. The molecule has 14 atom stereocenters. The van der Waals surface area contributed by atoms with Crippen LogP contribution in [0.3, 0.4) is 0 Å². The van der Waals surface area contributed by atoms with Crippen molar-refractivity contribution in [2.24, 2.45) is 52.3 Å².